The minimum absolute atomic E-state index is 0.140. The number of carboxylic acids is 1. The lowest BCUT2D eigenvalue weighted by Gasteiger charge is -2.17. The molecule has 200 valence electrons. The maximum atomic E-state index is 13.9. The SMILES string of the molecule is O=C(O)/C=C/c1ccc(COc2cc(-c3c(-c4ccccc4)cnc4c(C(F)(F)F)cccc34)ccc2Cl)cc1. The van der Waals surface area contributed by atoms with Crippen LogP contribution in [0.15, 0.2) is 103 Å². The van der Waals surface area contributed by atoms with Crippen LogP contribution in [-0.2, 0) is 17.6 Å². The fourth-order valence-corrected chi connectivity index (χ4v) is 4.59. The van der Waals surface area contributed by atoms with Crippen LogP contribution < -0.4 is 4.74 Å². The monoisotopic (exact) mass is 559 g/mol. The third-order valence-electron chi connectivity index (χ3n) is 6.30. The Kier molecular flexibility index (Phi) is 7.58. The van der Waals surface area contributed by atoms with Gasteiger partial charge in [-0.3, -0.25) is 4.98 Å². The highest BCUT2D eigenvalue weighted by atomic mass is 35.5. The smallest absolute Gasteiger partial charge is 0.418 e. The Labute approximate surface area is 233 Å². The van der Waals surface area contributed by atoms with Crippen molar-refractivity contribution in [1.82, 2.24) is 4.98 Å². The molecule has 0 saturated heterocycles. The number of pyridine rings is 1. The third kappa shape index (κ3) is 5.84. The van der Waals surface area contributed by atoms with Crippen molar-refractivity contribution in [2.24, 2.45) is 0 Å². The lowest BCUT2D eigenvalue weighted by molar-refractivity contribution is -0.136. The highest BCUT2D eigenvalue weighted by Crippen LogP contribution is 2.43. The molecule has 8 heteroatoms. The maximum absolute atomic E-state index is 13.9. The number of benzene rings is 4. The van der Waals surface area contributed by atoms with Crippen molar-refractivity contribution in [3.63, 3.8) is 0 Å². The van der Waals surface area contributed by atoms with Gasteiger partial charge in [-0.2, -0.15) is 13.2 Å². The predicted octanol–water partition coefficient (Wildman–Crippen LogP) is 8.92. The van der Waals surface area contributed by atoms with Crippen LogP contribution in [0.2, 0.25) is 5.02 Å². The van der Waals surface area contributed by atoms with E-state index in [0.29, 0.717) is 32.8 Å². The summed E-state index contributed by atoms with van der Waals surface area (Å²) in [6.45, 7) is 0.174. The first kappa shape index (κ1) is 27.0. The molecule has 1 aromatic heterocycles. The minimum atomic E-state index is -4.56. The summed E-state index contributed by atoms with van der Waals surface area (Å²) < 4.78 is 47.6. The lowest BCUT2D eigenvalue weighted by Crippen LogP contribution is -2.07. The molecule has 0 saturated carbocycles. The number of hydrogen-bond acceptors (Lipinski definition) is 3. The molecule has 4 nitrogen and oxygen atoms in total. The molecule has 0 aliphatic carbocycles. The summed E-state index contributed by atoms with van der Waals surface area (Å²) in [6.07, 6.45) is -0.551. The maximum Gasteiger partial charge on any atom is 0.418 e. The van der Waals surface area contributed by atoms with Crippen LogP contribution in [-0.4, -0.2) is 16.1 Å². The number of alkyl halides is 3. The average Bonchev–Trinajstić information content (AvgIpc) is 2.95. The number of para-hydroxylation sites is 1. The molecule has 0 bridgehead atoms. The third-order valence-corrected chi connectivity index (χ3v) is 6.61. The number of aromatic nitrogens is 1. The first-order valence-electron chi connectivity index (χ1n) is 12.2. The number of aliphatic carboxylic acids is 1. The van der Waals surface area contributed by atoms with Gasteiger partial charge in [0.2, 0.25) is 0 Å². The molecule has 5 aromatic rings. The zero-order chi connectivity index (χ0) is 28.3. The summed E-state index contributed by atoms with van der Waals surface area (Å²) in [5.74, 6) is -0.668. The number of fused-ring (bicyclic) bond motifs is 1. The molecule has 5 rings (SSSR count). The Bertz CT molecular complexity index is 1720. The van der Waals surface area contributed by atoms with Gasteiger partial charge >= 0.3 is 12.1 Å². The van der Waals surface area contributed by atoms with E-state index in [4.69, 9.17) is 21.4 Å². The predicted molar refractivity (Wildman–Crippen MR) is 150 cm³/mol. The minimum Gasteiger partial charge on any atom is -0.487 e. The largest absolute Gasteiger partial charge is 0.487 e. The number of nitrogens with zero attached hydrogens (tertiary/aromatic N) is 1. The van der Waals surface area contributed by atoms with E-state index in [1.54, 1.807) is 36.4 Å². The van der Waals surface area contributed by atoms with Crippen molar-refractivity contribution in [2.45, 2.75) is 12.8 Å². The van der Waals surface area contributed by atoms with Crippen molar-refractivity contribution >= 4 is 34.5 Å². The highest BCUT2D eigenvalue weighted by Gasteiger charge is 2.33. The van der Waals surface area contributed by atoms with Gasteiger partial charge in [0.25, 0.3) is 0 Å². The molecule has 0 unspecified atom stereocenters. The van der Waals surface area contributed by atoms with Gasteiger partial charge in [0.1, 0.15) is 12.4 Å². The fourth-order valence-electron chi connectivity index (χ4n) is 4.42. The van der Waals surface area contributed by atoms with Crippen molar-refractivity contribution < 1.29 is 27.8 Å². The summed E-state index contributed by atoms with van der Waals surface area (Å²) in [4.78, 5) is 15.0. The molecule has 4 aromatic carbocycles. The second-order valence-electron chi connectivity index (χ2n) is 8.96. The normalized spacial score (nSPS) is 11.7. The standard InChI is InChI=1S/C32H21ClF3NO3/c33-27-15-14-23(17-28(27)40-19-21-11-9-20(10-12-21)13-16-29(38)39)30-24-7-4-8-26(32(34,35)36)31(24)37-18-25(30)22-5-2-1-3-6-22/h1-18H,19H2,(H,38,39)/b16-13+. The van der Waals surface area contributed by atoms with Crippen LogP contribution in [0.5, 0.6) is 5.75 Å². The number of carbonyl (C=O) groups is 1. The van der Waals surface area contributed by atoms with Gasteiger partial charge < -0.3 is 9.84 Å². The zero-order valence-corrected chi connectivity index (χ0v) is 21.6. The van der Waals surface area contributed by atoms with Crippen LogP contribution in [0, 0.1) is 0 Å². The molecule has 40 heavy (non-hydrogen) atoms. The molecule has 0 aliphatic rings. The number of ether oxygens (including phenoxy) is 1. The van der Waals surface area contributed by atoms with Gasteiger partial charge in [0.15, 0.2) is 0 Å². The highest BCUT2D eigenvalue weighted by molar-refractivity contribution is 6.32. The Morgan fingerprint density at radius 2 is 1.68 bits per heavy atom. The molecule has 0 amide bonds. The fraction of sp³-hybridized carbons (Fsp3) is 0.0625. The quantitative estimate of drug-likeness (QED) is 0.202. The van der Waals surface area contributed by atoms with E-state index < -0.39 is 17.7 Å². The lowest BCUT2D eigenvalue weighted by atomic mass is 9.91. The average molecular weight is 560 g/mol. The van der Waals surface area contributed by atoms with Gasteiger partial charge in [0.05, 0.1) is 16.1 Å². The topological polar surface area (TPSA) is 59.4 Å². The molecule has 0 aliphatic heterocycles. The van der Waals surface area contributed by atoms with Crippen LogP contribution in [0.25, 0.3) is 39.2 Å². The summed E-state index contributed by atoms with van der Waals surface area (Å²) in [7, 11) is 0. The molecule has 1 heterocycles. The number of rotatable bonds is 7. The first-order chi connectivity index (χ1) is 19.2. The van der Waals surface area contributed by atoms with Crippen molar-refractivity contribution in [2.75, 3.05) is 0 Å². The van der Waals surface area contributed by atoms with Crippen LogP contribution in [0.1, 0.15) is 16.7 Å². The number of carboxylic acid groups (broad SMARTS) is 1. The van der Waals surface area contributed by atoms with Crippen LogP contribution in [0.3, 0.4) is 0 Å². The molecule has 0 radical (unpaired) electrons. The second kappa shape index (κ2) is 11.2. The molecule has 1 N–H and O–H groups in total. The molecule has 0 spiro atoms. The Balaban J connectivity index is 1.56. The summed E-state index contributed by atoms with van der Waals surface area (Å²) in [5, 5.41) is 9.49. The van der Waals surface area contributed by atoms with Crippen LogP contribution in [0.4, 0.5) is 13.2 Å². The Hall–Kier alpha value is -4.62. The number of halogens is 4. The summed E-state index contributed by atoms with van der Waals surface area (Å²) in [6, 6.07) is 25.6. The number of hydrogen-bond donors (Lipinski definition) is 1. The molecule has 0 atom stereocenters. The van der Waals surface area contributed by atoms with E-state index in [-0.39, 0.29) is 12.1 Å². The summed E-state index contributed by atoms with van der Waals surface area (Å²) in [5.41, 5.74) is 3.28. The molecular formula is C32H21ClF3NO3. The van der Waals surface area contributed by atoms with Gasteiger partial charge in [-0.05, 0) is 46.5 Å². The summed E-state index contributed by atoms with van der Waals surface area (Å²) >= 11 is 6.46. The van der Waals surface area contributed by atoms with E-state index >= 15 is 0 Å². The van der Waals surface area contributed by atoms with Gasteiger partial charge in [-0.25, -0.2) is 4.79 Å². The van der Waals surface area contributed by atoms with Gasteiger partial charge in [-0.15, -0.1) is 0 Å². The van der Waals surface area contributed by atoms with E-state index in [9.17, 15) is 18.0 Å². The Morgan fingerprint density at radius 3 is 2.38 bits per heavy atom. The van der Waals surface area contributed by atoms with Crippen molar-refractivity contribution in [3.8, 4) is 28.0 Å². The van der Waals surface area contributed by atoms with E-state index in [2.05, 4.69) is 4.98 Å². The van der Waals surface area contributed by atoms with E-state index in [1.807, 2.05) is 42.5 Å². The Morgan fingerprint density at radius 1 is 0.925 bits per heavy atom. The van der Waals surface area contributed by atoms with Gasteiger partial charge in [-0.1, -0.05) is 84.4 Å². The second-order valence-corrected chi connectivity index (χ2v) is 9.37. The zero-order valence-electron chi connectivity index (χ0n) is 20.8. The van der Waals surface area contributed by atoms with Gasteiger partial charge in [0, 0.05) is 28.8 Å². The molecular weight excluding hydrogens is 539 g/mol. The van der Waals surface area contributed by atoms with E-state index in [1.165, 1.54) is 18.3 Å². The van der Waals surface area contributed by atoms with Crippen molar-refractivity contribution in [1.29, 1.82) is 0 Å². The van der Waals surface area contributed by atoms with E-state index in [0.717, 1.165) is 28.8 Å². The van der Waals surface area contributed by atoms with Crippen molar-refractivity contribution in [3.05, 3.63) is 125 Å². The molecule has 0 fully saturated rings. The first-order valence-corrected chi connectivity index (χ1v) is 12.6. The van der Waals surface area contributed by atoms with Crippen LogP contribution >= 0.6 is 11.6 Å².